The molecular weight excluding hydrogens is 334 g/mol. The molecule has 1 aromatic carbocycles. The van der Waals surface area contributed by atoms with Gasteiger partial charge in [-0.3, -0.25) is 9.80 Å². The number of carbonyl (C=O) groups is 1. The van der Waals surface area contributed by atoms with Crippen molar-refractivity contribution in [3.63, 3.8) is 0 Å². The van der Waals surface area contributed by atoms with Crippen LogP contribution in [-0.2, 0) is 23.0 Å². The fourth-order valence-electron chi connectivity index (χ4n) is 2.39. The number of amides is 1. The first-order valence-electron chi connectivity index (χ1n) is 7.38. The second kappa shape index (κ2) is 6.38. The van der Waals surface area contributed by atoms with Gasteiger partial charge in [0.15, 0.2) is 0 Å². The normalized spacial score (nSPS) is 16.4. The fraction of sp³-hybridized carbons (Fsp3) is 0.333. The number of aromatic nitrogens is 1. The lowest BCUT2D eigenvalue weighted by molar-refractivity contribution is 0.0685. The summed E-state index contributed by atoms with van der Waals surface area (Å²) in [7, 11) is -3.72. The summed E-state index contributed by atoms with van der Waals surface area (Å²) in [4.78, 5) is 19.3. The molecule has 0 unspecified atom stereocenters. The Balaban J connectivity index is 1.82. The number of unbranched alkanes of at least 4 members (excludes halogenated alkanes) is 1. The zero-order valence-corrected chi connectivity index (χ0v) is 14.3. The van der Waals surface area contributed by atoms with Gasteiger partial charge in [-0.05, 0) is 25.0 Å². The van der Waals surface area contributed by atoms with Crippen molar-refractivity contribution in [2.45, 2.75) is 37.6 Å². The van der Waals surface area contributed by atoms with Crippen LogP contribution in [-0.4, -0.2) is 24.3 Å². The van der Waals surface area contributed by atoms with Crippen molar-refractivity contribution in [1.29, 1.82) is 0 Å². The van der Waals surface area contributed by atoms with E-state index in [0.717, 1.165) is 29.3 Å². The van der Waals surface area contributed by atoms with Crippen LogP contribution in [0.5, 0.6) is 0 Å². The van der Waals surface area contributed by atoms with Gasteiger partial charge >= 0.3 is 0 Å². The molecule has 122 valence electrons. The van der Waals surface area contributed by atoms with Gasteiger partial charge in [-0.15, -0.1) is 16.2 Å². The van der Waals surface area contributed by atoms with Crippen LogP contribution in [0.3, 0.4) is 0 Å². The fourth-order valence-corrected chi connectivity index (χ4v) is 4.46. The summed E-state index contributed by atoms with van der Waals surface area (Å²) in [6, 6.07) is 6.21. The smallest absolute Gasteiger partial charge is 0.268 e. The van der Waals surface area contributed by atoms with E-state index in [1.807, 2.05) is 5.38 Å². The Labute approximate surface area is 139 Å². The van der Waals surface area contributed by atoms with Crippen molar-refractivity contribution in [2.75, 3.05) is 0 Å². The van der Waals surface area contributed by atoms with Gasteiger partial charge in [0.25, 0.3) is 15.9 Å². The molecule has 0 saturated carbocycles. The molecule has 1 aromatic heterocycles. The maximum atomic E-state index is 12.5. The summed E-state index contributed by atoms with van der Waals surface area (Å²) in [5, 5.41) is 3.98. The van der Waals surface area contributed by atoms with Gasteiger partial charge in [-0.25, -0.2) is 13.4 Å². The molecule has 6 nitrogen and oxygen atoms in total. The Morgan fingerprint density at radius 2 is 2.09 bits per heavy atom. The van der Waals surface area contributed by atoms with Crippen molar-refractivity contribution in [3.8, 4) is 0 Å². The highest BCUT2D eigenvalue weighted by molar-refractivity contribution is 7.89. The molecule has 8 heteroatoms. The minimum atomic E-state index is -3.72. The third kappa shape index (κ3) is 3.29. The van der Waals surface area contributed by atoms with Gasteiger partial charge in [0.1, 0.15) is 0 Å². The summed E-state index contributed by atoms with van der Waals surface area (Å²) < 4.78 is 24.5. The summed E-state index contributed by atoms with van der Waals surface area (Å²) >= 11 is 1.54. The second-order valence-electron chi connectivity index (χ2n) is 5.32. The van der Waals surface area contributed by atoms with E-state index in [4.69, 9.17) is 0 Å². The zero-order chi connectivity index (χ0) is 16.4. The van der Waals surface area contributed by atoms with Crippen LogP contribution in [0.15, 0.2) is 34.5 Å². The van der Waals surface area contributed by atoms with Crippen LogP contribution >= 0.6 is 11.3 Å². The molecule has 0 saturated heterocycles. The first-order valence-corrected chi connectivity index (χ1v) is 9.74. The number of thiazole rings is 1. The molecule has 1 aliphatic heterocycles. The summed E-state index contributed by atoms with van der Waals surface area (Å²) in [6.45, 7) is 2.24. The largest absolute Gasteiger partial charge is 0.270 e. The van der Waals surface area contributed by atoms with Gasteiger partial charge in [0.05, 0.1) is 27.7 Å². The van der Waals surface area contributed by atoms with E-state index in [-0.39, 0.29) is 22.9 Å². The number of nitrogens with zero attached hydrogens (tertiary/aromatic N) is 2. The van der Waals surface area contributed by atoms with Crippen molar-refractivity contribution in [1.82, 2.24) is 14.8 Å². The van der Waals surface area contributed by atoms with Gasteiger partial charge in [0.2, 0.25) is 0 Å². The number of carbonyl (C=O) groups excluding carboxylic acids is 1. The van der Waals surface area contributed by atoms with Gasteiger partial charge in [-0.2, -0.15) is 0 Å². The highest BCUT2D eigenvalue weighted by Crippen LogP contribution is 2.23. The van der Waals surface area contributed by atoms with Crippen LogP contribution in [0, 0.1) is 0 Å². The van der Waals surface area contributed by atoms with E-state index in [9.17, 15) is 13.2 Å². The third-order valence-electron chi connectivity index (χ3n) is 3.55. The van der Waals surface area contributed by atoms with E-state index in [2.05, 4.69) is 16.7 Å². The highest BCUT2D eigenvalue weighted by atomic mass is 32.2. The number of hydrogen-bond donors (Lipinski definition) is 1. The molecule has 1 N–H and O–H groups in total. The Bertz CT molecular complexity index is 830. The zero-order valence-electron chi connectivity index (χ0n) is 12.7. The van der Waals surface area contributed by atoms with E-state index in [1.165, 1.54) is 23.5 Å². The average Bonchev–Trinajstić information content (AvgIpc) is 2.98. The minimum absolute atomic E-state index is 0.0168. The number of rotatable bonds is 5. The van der Waals surface area contributed by atoms with Crippen LogP contribution in [0.1, 0.15) is 40.8 Å². The van der Waals surface area contributed by atoms with Crippen molar-refractivity contribution in [2.24, 2.45) is 0 Å². The predicted molar refractivity (Wildman–Crippen MR) is 87.4 cm³/mol. The molecule has 0 atom stereocenters. The maximum absolute atomic E-state index is 12.5. The number of hydrogen-bond acceptors (Lipinski definition) is 5. The van der Waals surface area contributed by atoms with Crippen molar-refractivity contribution >= 4 is 27.3 Å². The number of aryl methyl sites for hydroxylation is 1. The standard InChI is InChI=1S/C15H17N3O3S2/c1-2-3-8-14-16-11(10-22-14)9-18-15(19)12-6-4-5-7-13(12)23(20,21)17-18/h4-7,10,17H,2-3,8-9H2,1H3. The molecule has 2 aromatic rings. The number of sulfonamides is 1. The summed E-state index contributed by atoms with van der Waals surface area (Å²) in [5.74, 6) is -0.362. The van der Waals surface area contributed by atoms with Gasteiger partial charge < -0.3 is 0 Å². The lowest BCUT2D eigenvalue weighted by Crippen LogP contribution is -2.49. The van der Waals surface area contributed by atoms with E-state index in [0.29, 0.717) is 5.69 Å². The lowest BCUT2D eigenvalue weighted by atomic mass is 10.2. The topological polar surface area (TPSA) is 79.4 Å². The third-order valence-corrected chi connectivity index (χ3v) is 5.90. The predicted octanol–water partition coefficient (Wildman–Crippen LogP) is 2.34. The average molecular weight is 351 g/mol. The lowest BCUT2D eigenvalue weighted by Gasteiger charge is -2.28. The molecule has 0 spiro atoms. The van der Waals surface area contributed by atoms with E-state index >= 15 is 0 Å². The number of nitrogens with one attached hydrogen (secondary N) is 1. The number of benzene rings is 1. The molecule has 1 aliphatic rings. The molecule has 0 radical (unpaired) electrons. The first-order chi connectivity index (χ1) is 11.0. The molecule has 1 amide bonds. The SMILES string of the molecule is CCCCc1nc(CN2NS(=O)(=O)c3ccccc3C2=O)cs1. The Morgan fingerprint density at radius 1 is 1.30 bits per heavy atom. The van der Waals surface area contributed by atoms with Crippen LogP contribution in [0.4, 0.5) is 0 Å². The molecule has 3 rings (SSSR count). The van der Waals surface area contributed by atoms with Gasteiger partial charge in [0, 0.05) is 5.38 Å². The molecule has 0 bridgehead atoms. The summed E-state index contributed by atoms with van der Waals surface area (Å²) in [6.07, 6.45) is 3.06. The Hall–Kier alpha value is -1.77. The van der Waals surface area contributed by atoms with E-state index < -0.39 is 10.0 Å². The molecule has 0 fully saturated rings. The van der Waals surface area contributed by atoms with Crippen molar-refractivity contribution < 1.29 is 13.2 Å². The number of fused-ring (bicyclic) bond motifs is 1. The maximum Gasteiger partial charge on any atom is 0.270 e. The monoisotopic (exact) mass is 351 g/mol. The van der Waals surface area contributed by atoms with Crippen molar-refractivity contribution in [3.05, 3.63) is 45.9 Å². The molecular formula is C15H17N3O3S2. The molecule has 2 heterocycles. The Morgan fingerprint density at radius 3 is 2.87 bits per heavy atom. The molecule has 0 aliphatic carbocycles. The quantitative estimate of drug-likeness (QED) is 0.897. The Kier molecular flexibility index (Phi) is 4.47. The second-order valence-corrected chi connectivity index (χ2v) is 7.89. The van der Waals surface area contributed by atoms with Crippen LogP contribution in [0.25, 0.3) is 0 Å². The highest BCUT2D eigenvalue weighted by Gasteiger charge is 2.34. The van der Waals surface area contributed by atoms with E-state index in [1.54, 1.807) is 12.1 Å². The van der Waals surface area contributed by atoms with Crippen LogP contribution < -0.4 is 4.83 Å². The van der Waals surface area contributed by atoms with Gasteiger partial charge in [-0.1, -0.05) is 25.5 Å². The molecule has 23 heavy (non-hydrogen) atoms. The summed E-state index contributed by atoms with van der Waals surface area (Å²) in [5.41, 5.74) is 0.879. The number of hydrazine groups is 1. The minimum Gasteiger partial charge on any atom is -0.268 e. The first kappa shape index (κ1) is 16.1. The van der Waals surface area contributed by atoms with Crippen LogP contribution in [0.2, 0.25) is 0 Å².